The molecule has 0 unspecified atom stereocenters. The van der Waals surface area contributed by atoms with E-state index >= 15 is 0 Å². The molecule has 0 N–H and O–H groups in total. The van der Waals surface area contributed by atoms with Crippen LogP contribution in [0.25, 0.3) is 0 Å². The van der Waals surface area contributed by atoms with E-state index in [0.29, 0.717) is 30.6 Å². The normalized spacial score (nSPS) is 17.2. The molecule has 0 aliphatic carbocycles. The first kappa shape index (κ1) is 18.3. The highest BCUT2D eigenvalue weighted by molar-refractivity contribution is 5.95. The van der Waals surface area contributed by atoms with Gasteiger partial charge in [-0.1, -0.05) is 36.4 Å². The lowest BCUT2D eigenvalue weighted by Gasteiger charge is -2.32. The molecular weight excluding hydrogens is 329 g/mol. The van der Waals surface area contributed by atoms with Crippen LogP contribution in [-0.2, 0) is 11.2 Å². The summed E-state index contributed by atoms with van der Waals surface area (Å²) in [6, 6.07) is 14.5. The molecule has 0 bridgehead atoms. The van der Waals surface area contributed by atoms with Crippen LogP contribution in [0.15, 0.2) is 48.5 Å². The van der Waals surface area contributed by atoms with E-state index in [9.17, 15) is 14.0 Å². The van der Waals surface area contributed by atoms with Gasteiger partial charge in [0.15, 0.2) is 0 Å². The molecule has 1 aliphatic heterocycles. The molecule has 1 saturated heterocycles. The zero-order valence-corrected chi connectivity index (χ0v) is 15.1. The second-order valence-corrected chi connectivity index (χ2v) is 7.01. The molecule has 1 fully saturated rings. The summed E-state index contributed by atoms with van der Waals surface area (Å²) in [5, 5.41) is 0. The third-order valence-electron chi connectivity index (χ3n) is 5.09. The zero-order valence-electron chi connectivity index (χ0n) is 15.1. The number of hydrogen-bond acceptors (Lipinski definition) is 2. The Morgan fingerprint density at radius 1 is 1.15 bits per heavy atom. The molecule has 0 radical (unpaired) electrons. The fourth-order valence-electron chi connectivity index (χ4n) is 3.45. The molecule has 4 heteroatoms. The van der Waals surface area contributed by atoms with Gasteiger partial charge in [-0.15, -0.1) is 0 Å². The summed E-state index contributed by atoms with van der Waals surface area (Å²) in [7, 11) is 0. The number of likely N-dealkylation sites (tertiary alicyclic amines) is 1. The quantitative estimate of drug-likeness (QED) is 0.808. The van der Waals surface area contributed by atoms with Gasteiger partial charge in [0.2, 0.25) is 0 Å². The molecule has 1 atom stereocenters. The molecule has 3 nitrogen and oxygen atoms in total. The van der Waals surface area contributed by atoms with E-state index in [-0.39, 0.29) is 23.4 Å². The number of rotatable bonds is 5. The highest BCUT2D eigenvalue weighted by atomic mass is 19.1. The smallest absolute Gasteiger partial charge is 0.253 e. The summed E-state index contributed by atoms with van der Waals surface area (Å²) >= 11 is 0. The van der Waals surface area contributed by atoms with E-state index < -0.39 is 0 Å². The van der Waals surface area contributed by atoms with Crippen LogP contribution >= 0.6 is 0 Å². The van der Waals surface area contributed by atoms with Gasteiger partial charge >= 0.3 is 0 Å². The Balaban J connectivity index is 1.60. The summed E-state index contributed by atoms with van der Waals surface area (Å²) in [6.45, 7) is 2.73. The number of halogens is 1. The van der Waals surface area contributed by atoms with E-state index in [0.717, 1.165) is 24.8 Å². The minimum atomic E-state index is -0.372. The number of ketones is 1. The van der Waals surface area contributed by atoms with Gasteiger partial charge in [0.1, 0.15) is 11.6 Å². The number of hydrogen-bond donors (Lipinski definition) is 0. The van der Waals surface area contributed by atoms with Gasteiger partial charge in [-0.2, -0.15) is 0 Å². The van der Waals surface area contributed by atoms with Gasteiger partial charge in [0.25, 0.3) is 5.91 Å². The number of carbonyl (C=O) groups is 2. The number of piperidine rings is 1. The summed E-state index contributed by atoms with van der Waals surface area (Å²) in [5.74, 6) is -0.471. The Morgan fingerprint density at radius 3 is 2.65 bits per heavy atom. The minimum absolute atomic E-state index is 0.119. The van der Waals surface area contributed by atoms with Crippen molar-refractivity contribution >= 4 is 11.7 Å². The largest absolute Gasteiger partial charge is 0.338 e. The maximum Gasteiger partial charge on any atom is 0.253 e. The van der Waals surface area contributed by atoms with Gasteiger partial charge in [-0.25, -0.2) is 4.39 Å². The molecule has 1 heterocycles. The predicted molar refractivity (Wildman–Crippen MR) is 99.5 cm³/mol. The van der Waals surface area contributed by atoms with E-state index in [4.69, 9.17) is 0 Å². The van der Waals surface area contributed by atoms with Crippen LogP contribution in [0.5, 0.6) is 0 Å². The number of amides is 1. The van der Waals surface area contributed by atoms with Crippen LogP contribution in [0.1, 0.15) is 40.7 Å². The van der Waals surface area contributed by atoms with Crippen molar-refractivity contribution < 1.29 is 14.0 Å². The van der Waals surface area contributed by atoms with Gasteiger partial charge in [-0.05, 0) is 49.4 Å². The maximum atomic E-state index is 13.7. The maximum absolute atomic E-state index is 13.7. The Bertz CT molecular complexity index is 788. The molecule has 0 spiro atoms. The highest BCUT2D eigenvalue weighted by Crippen LogP contribution is 2.22. The number of Topliss-reactive ketones (excluding diaryl/α,β-unsaturated/α-hetero) is 1. The Kier molecular flexibility index (Phi) is 5.82. The molecule has 0 aromatic heterocycles. The number of aryl methyl sites for hydroxylation is 2. The van der Waals surface area contributed by atoms with Crippen molar-refractivity contribution in [1.82, 2.24) is 4.90 Å². The standard InChI is InChI=1S/C22H24FNO2/c1-16-9-11-18(14-20(16)23)22(26)24-13-5-8-19(15-24)21(25)12-10-17-6-3-2-4-7-17/h2-4,6-7,9,11,14,19H,5,8,10,12-13,15H2,1H3/t19-/m0/s1. The number of nitrogens with zero attached hydrogens (tertiary/aromatic N) is 1. The van der Waals surface area contributed by atoms with Crippen molar-refractivity contribution in [2.45, 2.75) is 32.6 Å². The van der Waals surface area contributed by atoms with Crippen molar-refractivity contribution in [3.05, 3.63) is 71.0 Å². The van der Waals surface area contributed by atoms with Crippen molar-refractivity contribution in [2.75, 3.05) is 13.1 Å². The summed E-state index contributed by atoms with van der Waals surface area (Å²) in [4.78, 5) is 26.9. The topological polar surface area (TPSA) is 37.4 Å². The molecule has 136 valence electrons. The van der Waals surface area contributed by atoms with Gasteiger partial charge in [0, 0.05) is 31.0 Å². The first-order valence-electron chi connectivity index (χ1n) is 9.16. The monoisotopic (exact) mass is 353 g/mol. The lowest BCUT2D eigenvalue weighted by atomic mass is 9.90. The Hall–Kier alpha value is -2.49. The average Bonchev–Trinajstić information content (AvgIpc) is 2.68. The fourth-order valence-corrected chi connectivity index (χ4v) is 3.45. The summed E-state index contributed by atoms with van der Waals surface area (Å²) in [5.41, 5.74) is 2.03. The molecule has 2 aromatic rings. The van der Waals surface area contributed by atoms with Crippen molar-refractivity contribution in [1.29, 1.82) is 0 Å². The molecule has 1 amide bonds. The van der Waals surface area contributed by atoms with Crippen molar-refractivity contribution in [2.24, 2.45) is 5.92 Å². The third kappa shape index (κ3) is 4.37. The van der Waals surface area contributed by atoms with Crippen LogP contribution in [0.3, 0.4) is 0 Å². The van der Waals surface area contributed by atoms with Crippen molar-refractivity contribution in [3.8, 4) is 0 Å². The molecular formula is C22H24FNO2. The van der Waals surface area contributed by atoms with Crippen molar-refractivity contribution in [3.63, 3.8) is 0 Å². The van der Waals surface area contributed by atoms with Crippen LogP contribution < -0.4 is 0 Å². The number of carbonyl (C=O) groups excluding carboxylic acids is 2. The van der Waals surface area contributed by atoms with Crippen LogP contribution in [0, 0.1) is 18.7 Å². The van der Waals surface area contributed by atoms with Crippen LogP contribution in [0.2, 0.25) is 0 Å². The van der Waals surface area contributed by atoms with Gasteiger partial charge < -0.3 is 4.90 Å². The van der Waals surface area contributed by atoms with E-state index in [2.05, 4.69) is 0 Å². The first-order valence-corrected chi connectivity index (χ1v) is 9.16. The van der Waals surface area contributed by atoms with E-state index in [1.165, 1.54) is 6.07 Å². The minimum Gasteiger partial charge on any atom is -0.338 e. The summed E-state index contributed by atoms with van der Waals surface area (Å²) in [6.07, 6.45) is 2.85. The Morgan fingerprint density at radius 2 is 1.92 bits per heavy atom. The van der Waals surface area contributed by atoms with Gasteiger partial charge in [-0.3, -0.25) is 9.59 Å². The second-order valence-electron chi connectivity index (χ2n) is 7.01. The van der Waals surface area contributed by atoms with Gasteiger partial charge in [0.05, 0.1) is 0 Å². The lowest BCUT2D eigenvalue weighted by Crippen LogP contribution is -2.42. The Labute approximate surface area is 153 Å². The summed E-state index contributed by atoms with van der Waals surface area (Å²) < 4.78 is 13.7. The van der Waals surface area contributed by atoms with E-state index in [1.54, 1.807) is 24.0 Å². The molecule has 2 aromatic carbocycles. The molecule has 1 aliphatic rings. The van der Waals surface area contributed by atoms with Crippen LogP contribution in [-0.4, -0.2) is 29.7 Å². The molecule has 26 heavy (non-hydrogen) atoms. The third-order valence-corrected chi connectivity index (χ3v) is 5.09. The molecule has 0 saturated carbocycles. The second kappa shape index (κ2) is 8.26. The number of benzene rings is 2. The fraction of sp³-hybridized carbons (Fsp3) is 0.364. The molecule has 3 rings (SSSR count). The lowest BCUT2D eigenvalue weighted by molar-refractivity contribution is -0.124. The predicted octanol–water partition coefficient (Wildman–Crippen LogP) is 4.19. The first-order chi connectivity index (χ1) is 12.5. The SMILES string of the molecule is Cc1ccc(C(=O)N2CCC[C@H](C(=O)CCc3ccccc3)C2)cc1F. The zero-order chi connectivity index (χ0) is 18.5. The highest BCUT2D eigenvalue weighted by Gasteiger charge is 2.28. The average molecular weight is 353 g/mol. The van der Waals surface area contributed by atoms with E-state index in [1.807, 2.05) is 30.3 Å². The van der Waals surface area contributed by atoms with Crippen LogP contribution in [0.4, 0.5) is 4.39 Å².